The van der Waals surface area contributed by atoms with E-state index in [1.54, 1.807) is 6.07 Å². The van der Waals surface area contributed by atoms with Crippen molar-refractivity contribution in [1.82, 2.24) is 20.2 Å². The van der Waals surface area contributed by atoms with E-state index in [4.69, 9.17) is 21.3 Å². The molecule has 1 unspecified atom stereocenters. The minimum absolute atomic E-state index is 0.0157. The van der Waals surface area contributed by atoms with Crippen molar-refractivity contribution in [2.45, 2.75) is 103 Å². The molecule has 1 aliphatic heterocycles. The van der Waals surface area contributed by atoms with E-state index in [1.807, 2.05) is 43.0 Å². The van der Waals surface area contributed by atoms with Gasteiger partial charge < -0.3 is 25.2 Å². The lowest BCUT2D eigenvalue weighted by Crippen LogP contribution is -2.55. The zero-order valence-electron chi connectivity index (χ0n) is 31.1. The van der Waals surface area contributed by atoms with Gasteiger partial charge in [0.25, 0.3) is 0 Å². The number of piperazine rings is 1. The fourth-order valence-electron chi connectivity index (χ4n) is 5.82. The smallest absolute Gasteiger partial charge is 0.322 e. The van der Waals surface area contributed by atoms with Crippen molar-refractivity contribution in [3.63, 3.8) is 0 Å². The molecule has 3 aromatic rings. The van der Waals surface area contributed by atoms with Gasteiger partial charge >= 0.3 is 6.03 Å². The number of rotatable bonds is 15. The van der Waals surface area contributed by atoms with Crippen molar-refractivity contribution in [2.24, 2.45) is 0 Å². The molecule has 1 saturated heterocycles. The van der Waals surface area contributed by atoms with Crippen LogP contribution in [0, 0.1) is 6.92 Å². The Morgan fingerprint density at radius 3 is 2.46 bits per heavy atom. The van der Waals surface area contributed by atoms with Gasteiger partial charge in [-0.1, -0.05) is 89.2 Å². The van der Waals surface area contributed by atoms with Gasteiger partial charge in [-0.05, 0) is 79.7 Å². The summed E-state index contributed by atoms with van der Waals surface area (Å²) >= 11 is 7.64. The van der Waals surface area contributed by atoms with Crippen LogP contribution in [0.5, 0.6) is 5.75 Å². The average molecular weight is 723 g/mol. The Labute approximate surface area is 308 Å². The Morgan fingerprint density at radius 2 is 1.76 bits per heavy atom. The van der Waals surface area contributed by atoms with Crippen molar-refractivity contribution in [1.29, 1.82) is 0 Å². The first-order valence-electron chi connectivity index (χ1n) is 17.8. The number of nitrogens with one attached hydrogen (secondary N) is 2. The van der Waals surface area contributed by atoms with Gasteiger partial charge in [-0.15, -0.1) is 0 Å². The van der Waals surface area contributed by atoms with Crippen LogP contribution in [0.2, 0.25) is 5.15 Å². The third-order valence-corrected chi connectivity index (χ3v) is 10.9. The lowest BCUT2D eigenvalue weighted by Gasteiger charge is -2.40. The quantitative estimate of drug-likeness (QED) is 0.0701. The van der Waals surface area contributed by atoms with Crippen molar-refractivity contribution in [3.8, 4) is 5.75 Å². The van der Waals surface area contributed by atoms with Crippen LogP contribution in [0.1, 0.15) is 90.8 Å². The van der Waals surface area contributed by atoms with Crippen molar-refractivity contribution in [2.75, 3.05) is 48.8 Å². The van der Waals surface area contributed by atoms with Crippen LogP contribution in [-0.2, 0) is 15.6 Å². The zero-order chi connectivity index (χ0) is 36.5. The molecule has 0 spiro atoms. The second kappa shape index (κ2) is 17.6. The molecule has 2 N–H and O–H groups in total. The molecule has 1 fully saturated rings. The number of benzene rings is 2. The SMILES string of the molecule is CCC(C)(C)c1ccc(OCCCCNC(=O)CSc2nc(Cl)cc(N3CCN(C(=O)Nc4cccc(C)c4)C(C)C3)n2)c(C(C)(C)CC)c1. The topological polar surface area (TPSA) is 99.7 Å². The highest BCUT2D eigenvalue weighted by atomic mass is 35.5. The summed E-state index contributed by atoms with van der Waals surface area (Å²) in [5.41, 5.74) is 4.61. The van der Waals surface area contributed by atoms with E-state index in [-0.39, 0.29) is 34.6 Å². The maximum atomic E-state index is 13.0. The summed E-state index contributed by atoms with van der Waals surface area (Å²) in [6.07, 6.45) is 3.75. The highest BCUT2D eigenvalue weighted by Crippen LogP contribution is 2.38. The number of thioether (sulfide) groups is 1. The number of carbonyl (C=O) groups is 2. The molecular weight excluding hydrogens is 668 g/mol. The van der Waals surface area contributed by atoms with Crippen LogP contribution in [-0.4, -0.2) is 71.4 Å². The molecule has 1 aromatic heterocycles. The number of aryl methyl sites for hydroxylation is 1. The summed E-state index contributed by atoms with van der Waals surface area (Å²) < 4.78 is 6.29. The summed E-state index contributed by atoms with van der Waals surface area (Å²) in [6, 6.07) is 16.0. The molecule has 0 saturated carbocycles. The Kier molecular flexibility index (Phi) is 13.8. The Morgan fingerprint density at radius 1 is 1.00 bits per heavy atom. The number of aromatic nitrogens is 2. The molecule has 3 amide bonds. The average Bonchev–Trinajstić information content (AvgIpc) is 3.08. The summed E-state index contributed by atoms with van der Waals surface area (Å²) in [5, 5.41) is 6.77. The number of ether oxygens (including phenoxy) is 1. The van der Waals surface area contributed by atoms with E-state index < -0.39 is 0 Å². The molecule has 0 bridgehead atoms. The van der Waals surface area contributed by atoms with Gasteiger partial charge in [0, 0.05) is 49.5 Å². The van der Waals surface area contributed by atoms with Gasteiger partial charge in [0.05, 0.1) is 12.4 Å². The van der Waals surface area contributed by atoms with Gasteiger partial charge in [0.1, 0.15) is 16.7 Å². The first-order valence-corrected chi connectivity index (χ1v) is 19.2. The number of carbonyl (C=O) groups excluding carboxylic acids is 2. The van der Waals surface area contributed by atoms with Crippen molar-refractivity contribution >= 4 is 46.8 Å². The lowest BCUT2D eigenvalue weighted by molar-refractivity contribution is -0.118. The largest absolute Gasteiger partial charge is 0.493 e. The number of anilines is 2. The van der Waals surface area contributed by atoms with Crippen molar-refractivity contribution < 1.29 is 14.3 Å². The summed E-state index contributed by atoms with van der Waals surface area (Å²) in [6.45, 7) is 20.5. The third kappa shape index (κ3) is 10.8. The number of urea groups is 1. The molecule has 0 radical (unpaired) electrons. The first-order chi connectivity index (χ1) is 23.7. The number of halogens is 1. The standard InChI is InChI=1S/C39H55ClN6O3S/c1-9-38(5,6)29-16-17-32(31(23-29)39(7,8)10-2)49-21-12-11-18-41-35(47)26-50-36-43-33(40)24-34(44-36)45-19-20-46(28(4)25-45)37(48)42-30-15-13-14-27(3)22-30/h13-17,22-24,28H,9-12,18-21,25-26H2,1-8H3,(H,41,47)(H,42,48). The molecular formula is C39H55ClN6O3S. The van der Waals surface area contributed by atoms with Gasteiger partial charge in [0.15, 0.2) is 5.16 Å². The van der Waals surface area contributed by atoms with Crippen LogP contribution < -0.4 is 20.3 Å². The lowest BCUT2D eigenvalue weighted by atomic mass is 9.76. The fraction of sp³-hybridized carbons (Fsp3) is 0.538. The first kappa shape index (κ1) is 39.3. The Hall–Kier alpha value is -3.50. The van der Waals surface area contributed by atoms with Crippen LogP contribution in [0.4, 0.5) is 16.3 Å². The molecule has 4 rings (SSSR count). The van der Waals surface area contributed by atoms with Crippen molar-refractivity contribution in [3.05, 3.63) is 70.4 Å². The monoisotopic (exact) mass is 722 g/mol. The van der Waals surface area contributed by atoms with E-state index in [0.29, 0.717) is 48.9 Å². The second-order valence-corrected chi connectivity index (χ2v) is 15.8. The number of amides is 3. The maximum absolute atomic E-state index is 13.0. The highest BCUT2D eigenvalue weighted by molar-refractivity contribution is 7.99. The molecule has 2 heterocycles. The zero-order valence-corrected chi connectivity index (χ0v) is 32.6. The number of hydrogen-bond donors (Lipinski definition) is 2. The molecule has 11 heteroatoms. The fourth-order valence-corrected chi connectivity index (χ4v) is 6.73. The minimum Gasteiger partial charge on any atom is -0.493 e. The molecule has 2 aromatic carbocycles. The summed E-state index contributed by atoms with van der Waals surface area (Å²) in [4.78, 5) is 38.6. The molecule has 50 heavy (non-hydrogen) atoms. The number of unbranched alkanes of at least 4 members (excludes halogenated alkanes) is 1. The van der Waals surface area contributed by atoms with E-state index in [1.165, 1.54) is 22.9 Å². The van der Waals surface area contributed by atoms with Gasteiger partial charge in [-0.2, -0.15) is 0 Å². The second-order valence-electron chi connectivity index (χ2n) is 14.5. The molecule has 272 valence electrons. The van der Waals surface area contributed by atoms with E-state index in [2.05, 4.69) is 80.3 Å². The van der Waals surface area contributed by atoms with E-state index >= 15 is 0 Å². The van der Waals surface area contributed by atoms with Crippen LogP contribution >= 0.6 is 23.4 Å². The summed E-state index contributed by atoms with van der Waals surface area (Å²) in [5.74, 6) is 1.75. The van der Waals surface area contributed by atoms with Crippen LogP contribution in [0.25, 0.3) is 0 Å². The van der Waals surface area contributed by atoms with Gasteiger partial charge in [0.2, 0.25) is 5.91 Å². The Bertz CT molecular complexity index is 1620. The predicted molar refractivity (Wildman–Crippen MR) is 207 cm³/mol. The van der Waals surface area contributed by atoms with Gasteiger partial charge in [-0.3, -0.25) is 4.79 Å². The highest BCUT2D eigenvalue weighted by Gasteiger charge is 2.29. The minimum atomic E-state index is -0.121. The molecule has 0 aliphatic carbocycles. The summed E-state index contributed by atoms with van der Waals surface area (Å²) in [7, 11) is 0. The Balaban J connectivity index is 1.21. The normalized spacial score (nSPS) is 15.2. The molecule has 1 aliphatic rings. The third-order valence-electron chi connectivity index (χ3n) is 9.88. The van der Waals surface area contributed by atoms with E-state index in [9.17, 15) is 9.59 Å². The maximum Gasteiger partial charge on any atom is 0.322 e. The molecule has 1 atom stereocenters. The predicted octanol–water partition coefficient (Wildman–Crippen LogP) is 8.62. The number of hydrogen-bond acceptors (Lipinski definition) is 7. The van der Waals surface area contributed by atoms with Gasteiger partial charge in [-0.25, -0.2) is 14.8 Å². The van der Waals surface area contributed by atoms with E-state index in [0.717, 1.165) is 42.7 Å². The number of nitrogens with zero attached hydrogens (tertiary/aromatic N) is 4. The van der Waals surface area contributed by atoms with Crippen LogP contribution in [0.15, 0.2) is 53.7 Å². The van der Waals surface area contributed by atoms with Crippen LogP contribution in [0.3, 0.4) is 0 Å². The molecule has 9 nitrogen and oxygen atoms in total.